The Morgan fingerprint density at radius 3 is 2.24 bits per heavy atom. The lowest BCUT2D eigenvalue weighted by molar-refractivity contribution is -0.123. The number of hydrogen-bond donors (Lipinski definition) is 1. The molecule has 0 aliphatic carbocycles. The van der Waals surface area contributed by atoms with Crippen LogP contribution in [0.1, 0.15) is 18.5 Å². The van der Waals surface area contributed by atoms with E-state index in [1.54, 1.807) is 14.2 Å². The second-order valence-corrected chi connectivity index (χ2v) is 4.96. The molecule has 5 heteroatoms. The standard InChI is InChI=1S/C16H26N2O3/c1-14(15-7-5-4-6-8-15)17-16(19)13-18(9-11-20-2)10-12-21-3/h4-8,14H,9-13H2,1-3H3,(H,17,19). The zero-order valence-electron chi connectivity index (χ0n) is 13.2. The van der Waals surface area contributed by atoms with Crippen molar-refractivity contribution >= 4 is 5.91 Å². The van der Waals surface area contributed by atoms with Gasteiger partial charge in [0.2, 0.25) is 5.91 Å². The third-order valence-electron chi connectivity index (χ3n) is 3.27. The number of benzene rings is 1. The molecular weight excluding hydrogens is 268 g/mol. The maximum Gasteiger partial charge on any atom is 0.234 e. The van der Waals surface area contributed by atoms with E-state index in [9.17, 15) is 4.79 Å². The predicted octanol–water partition coefficient (Wildman–Crippen LogP) is 1.46. The number of carbonyl (C=O) groups is 1. The molecule has 0 saturated heterocycles. The summed E-state index contributed by atoms with van der Waals surface area (Å²) in [6.07, 6.45) is 0. The van der Waals surface area contributed by atoms with E-state index in [0.717, 1.165) is 5.56 Å². The molecule has 1 unspecified atom stereocenters. The Bertz CT molecular complexity index is 390. The van der Waals surface area contributed by atoms with Gasteiger partial charge in [-0.25, -0.2) is 0 Å². The summed E-state index contributed by atoms with van der Waals surface area (Å²) in [6.45, 7) is 4.97. The molecule has 0 heterocycles. The molecule has 0 aliphatic rings. The number of amides is 1. The molecule has 21 heavy (non-hydrogen) atoms. The van der Waals surface area contributed by atoms with Gasteiger partial charge in [-0.15, -0.1) is 0 Å². The van der Waals surface area contributed by atoms with E-state index in [1.807, 2.05) is 42.2 Å². The summed E-state index contributed by atoms with van der Waals surface area (Å²) in [5, 5.41) is 3.02. The Morgan fingerprint density at radius 1 is 1.14 bits per heavy atom. The third-order valence-corrected chi connectivity index (χ3v) is 3.27. The van der Waals surface area contributed by atoms with Crippen LogP contribution < -0.4 is 5.32 Å². The Labute approximate surface area is 127 Å². The van der Waals surface area contributed by atoms with E-state index in [2.05, 4.69) is 5.32 Å². The van der Waals surface area contributed by atoms with E-state index in [4.69, 9.17) is 9.47 Å². The van der Waals surface area contributed by atoms with Crippen molar-refractivity contribution in [2.45, 2.75) is 13.0 Å². The van der Waals surface area contributed by atoms with Crippen LogP contribution in [-0.4, -0.2) is 57.9 Å². The van der Waals surface area contributed by atoms with E-state index in [1.165, 1.54) is 0 Å². The molecule has 0 fully saturated rings. The summed E-state index contributed by atoms with van der Waals surface area (Å²) < 4.78 is 10.1. The highest BCUT2D eigenvalue weighted by molar-refractivity contribution is 5.78. The Kier molecular flexibility index (Phi) is 8.66. The van der Waals surface area contributed by atoms with Crippen molar-refractivity contribution in [1.29, 1.82) is 0 Å². The van der Waals surface area contributed by atoms with Crippen LogP contribution >= 0.6 is 0 Å². The lowest BCUT2D eigenvalue weighted by Crippen LogP contribution is -2.41. The van der Waals surface area contributed by atoms with Crippen LogP contribution in [0.4, 0.5) is 0 Å². The first kappa shape index (κ1) is 17.6. The first-order valence-electron chi connectivity index (χ1n) is 7.22. The molecule has 1 amide bonds. The fraction of sp³-hybridized carbons (Fsp3) is 0.562. The maximum atomic E-state index is 12.1. The summed E-state index contributed by atoms with van der Waals surface area (Å²) in [5.41, 5.74) is 1.10. The van der Waals surface area contributed by atoms with Gasteiger partial charge in [0.1, 0.15) is 0 Å². The summed E-state index contributed by atoms with van der Waals surface area (Å²) in [6, 6.07) is 9.94. The molecule has 1 atom stereocenters. The minimum Gasteiger partial charge on any atom is -0.383 e. The van der Waals surface area contributed by atoms with E-state index >= 15 is 0 Å². The van der Waals surface area contributed by atoms with Crippen LogP contribution in [0.25, 0.3) is 0 Å². The van der Waals surface area contributed by atoms with Gasteiger partial charge in [-0.3, -0.25) is 9.69 Å². The summed E-state index contributed by atoms with van der Waals surface area (Å²) in [7, 11) is 3.32. The molecular formula is C16H26N2O3. The van der Waals surface area contributed by atoms with Gasteiger partial charge in [0.05, 0.1) is 25.8 Å². The van der Waals surface area contributed by atoms with Crippen molar-refractivity contribution in [2.24, 2.45) is 0 Å². The maximum absolute atomic E-state index is 12.1. The average Bonchev–Trinajstić information content (AvgIpc) is 2.50. The fourth-order valence-electron chi connectivity index (χ4n) is 2.03. The van der Waals surface area contributed by atoms with Crippen molar-refractivity contribution in [2.75, 3.05) is 47.1 Å². The topological polar surface area (TPSA) is 50.8 Å². The molecule has 0 spiro atoms. The van der Waals surface area contributed by atoms with E-state index < -0.39 is 0 Å². The largest absolute Gasteiger partial charge is 0.383 e. The molecule has 0 aliphatic heterocycles. The predicted molar refractivity (Wildman–Crippen MR) is 83.2 cm³/mol. The van der Waals surface area contributed by atoms with Crippen LogP contribution in [-0.2, 0) is 14.3 Å². The lowest BCUT2D eigenvalue weighted by atomic mass is 10.1. The van der Waals surface area contributed by atoms with Crippen molar-refractivity contribution in [3.05, 3.63) is 35.9 Å². The number of nitrogens with one attached hydrogen (secondary N) is 1. The Hall–Kier alpha value is -1.43. The number of ether oxygens (including phenoxy) is 2. The average molecular weight is 294 g/mol. The highest BCUT2D eigenvalue weighted by Gasteiger charge is 2.13. The van der Waals surface area contributed by atoms with Crippen molar-refractivity contribution in [3.8, 4) is 0 Å². The number of methoxy groups -OCH3 is 2. The Morgan fingerprint density at radius 2 is 1.71 bits per heavy atom. The zero-order chi connectivity index (χ0) is 15.5. The number of rotatable bonds is 10. The van der Waals surface area contributed by atoms with Crippen LogP contribution in [0.5, 0.6) is 0 Å². The SMILES string of the molecule is COCCN(CCOC)CC(=O)NC(C)c1ccccc1. The van der Waals surface area contributed by atoms with Gasteiger partial charge in [0, 0.05) is 27.3 Å². The van der Waals surface area contributed by atoms with Gasteiger partial charge < -0.3 is 14.8 Å². The fourth-order valence-corrected chi connectivity index (χ4v) is 2.03. The van der Waals surface area contributed by atoms with Gasteiger partial charge in [-0.2, -0.15) is 0 Å². The quantitative estimate of drug-likeness (QED) is 0.710. The highest BCUT2D eigenvalue weighted by atomic mass is 16.5. The summed E-state index contributed by atoms with van der Waals surface area (Å²) in [4.78, 5) is 14.2. The molecule has 1 aromatic carbocycles. The zero-order valence-corrected chi connectivity index (χ0v) is 13.2. The molecule has 1 aromatic rings. The van der Waals surface area contributed by atoms with E-state index in [0.29, 0.717) is 32.8 Å². The number of hydrogen-bond acceptors (Lipinski definition) is 4. The van der Waals surface area contributed by atoms with Crippen molar-refractivity contribution in [1.82, 2.24) is 10.2 Å². The summed E-state index contributed by atoms with van der Waals surface area (Å²) >= 11 is 0. The van der Waals surface area contributed by atoms with Crippen LogP contribution in [0.15, 0.2) is 30.3 Å². The van der Waals surface area contributed by atoms with Gasteiger partial charge in [-0.05, 0) is 12.5 Å². The molecule has 1 N–H and O–H groups in total. The molecule has 118 valence electrons. The molecule has 0 radical (unpaired) electrons. The Balaban J connectivity index is 2.44. The van der Waals surface area contributed by atoms with E-state index in [-0.39, 0.29) is 11.9 Å². The van der Waals surface area contributed by atoms with Crippen LogP contribution in [0.2, 0.25) is 0 Å². The molecule has 5 nitrogen and oxygen atoms in total. The van der Waals surface area contributed by atoms with Crippen LogP contribution in [0, 0.1) is 0 Å². The van der Waals surface area contributed by atoms with Crippen molar-refractivity contribution < 1.29 is 14.3 Å². The number of carbonyl (C=O) groups excluding carboxylic acids is 1. The summed E-state index contributed by atoms with van der Waals surface area (Å²) in [5.74, 6) is 0.0126. The van der Waals surface area contributed by atoms with Gasteiger partial charge in [0.15, 0.2) is 0 Å². The normalized spacial score (nSPS) is 12.4. The second-order valence-electron chi connectivity index (χ2n) is 4.96. The van der Waals surface area contributed by atoms with Gasteiger partial charge in [0.25, 0.3) is 0 Å². The first-order chi connectivity index (χ1) is 10.2. The van der Waals surface area contributed by atoms with Crippen molar-refractivity contribution in [3.63, 3.8) is 0 Å². The number of nitrogens with zero attached hydrogens (tertiary/aromatic N) is 1. The van der Waals surface area contributed by atoms with Gasteiger partial charge >= 0.3 is 0 Å². The first-order valence-corrected chi connectivity index (χ1v) is 7.22. The van der Waals surface area contributed by atoms with Gasteiger partial charge in [-0.1, -0.05) is 30.3 Å². The molecule has 1 rings (SSSR count). The highest BCUT2D eigenvalue weighted by Crippen LogP contribution is 2.10. The third kappa shape index (κ3) is 7.22. The van der Waals surface area contributed by atoms with Crippen LogP contribution in [0.3, 0.4) is 0 Å². The molecule has 0 bridgehead atoms. The smallest absolute Gasteiger partial charge is 0.234 e. The minimum absolute atomic E-state index is 0.00500. The second kappa shape index (κ2) is 10.3. The monoisotopic (exact) mass is 294 g/mol. The lowest BCUT2D eigenvalue weighted by Gasteiger charge is -2.22. The molecule has 0 aromatic heterocycles. The minimum atomic E-state index is 0.00500. The molecule has 0 saturated carbocycles.